The number of carbonyl (C=O) groups is 2. The topological polar surface area (TPSA) is 68.3 Å². The van der Waals surface area contributed by atoms with E-state index in [-0.39, 0.29) is 12.0 Å². The minimum Gasteiger partial charge on any atom is -0.467 e. The zero-order valence-electron chi connectivity index (χ0n) is 14.1. The zero-order chi connectivity index (χ0) is 18.5. The fourth-order valence-corrected chi connectivity index (χ4v) is 2.64. The molecule has 1 N–H and O–H groups in total. The molecule has 0 aliphatic rings. The number of aromatic nitrogens is 1. The Labute approximate surface area is 149 Å². The van der Waals surface area contributed by atoms with Crippen LogP contribution in [0.15, 0.2) is 60.7 Å². The van der Waals surface area contributed by atoms with Gasteiger partial charge in [-0.25, -0.2) is 9.18 Å². The molecule has 2 aromatic carbocycles. The normalized spacial score (nSPS) is 11.8. The number of para-hydroxylation sites is 1. The monoisotopic (exact) mass is 352 g/mol. The molecule has 26 heavy (non-hydrogen) atoms. The van der Waals surface area contributed by atoms with E-state index in [4.69, 9.17) is 4.74 Å². The lowest BCUT2D eigenvalue weighted by Crippen LogP contribution is -2.43. The van der Waals surface area contributed by atoms with Crippen LogP contribution in [0.25, 0.3) is 10.9 Å². The first kappa shape index (κ1) is 17.5. The van der Waals surface area contributed by atoms with Crippen LogP contribution in [0, 0.1) is 5.82 Å². The smallest absolute Gasteiger partial charge is 0.328 e. The van der Waals surface area contributed by atoms with Crippen LogP contribution in [-0.2, 0) is 16.0 Å². The van der Waals surface area contributed by atoms with E-state index in [9.17, 15) is 14.0 Å². The highest BCUT2D eigenvalue weighted by atomic mass is 19.1. The Kier molecular flexibility index (Phi) is 5.22. The van der Waals surface area contributed by atoms with Gasteiger partial charge in [-0.15, -0.1) is 0 Å². The van der Waals surface area contributed by atoms with Crippen LogP contribution in [0.5, 0.6) is 0 Å². The average molecular weight is 352 g/mol. The van der Waals surface area contributed by atoms with Gasteiger partial charge in [0.2, 0.25) is 0 Å². The van der Waals surface area contributed by atoms with E-state index in [2.05, 4.69) is 10.3 Å². The number of benzene rings is 2. The molecule has 0 bridgehead atoms. The number of esters is 1. The highest BCUT2D eigenvalue weighted by molar-refractivity contribution is 5.96. The van der Waals surface area contributed by atoms with Crippen molar-refractivity contribution in [3.63, 3.8) is 0 Å². The Morgan fingerprint density at radius 3 is 2.69 bits per heavy atom. The molecule has 132 valence electrons. The second-order valence-electron chi connectivity index (χ2n) is 5.76. The number of methoxy groups -OCH3 is 1. The van der Waals surface area contributed by atoms with Gasteiger partial charge in [0.05, 0.1) is 12.6 Å². The first-order valence-corrected chi connectivity index (χ1v) is 8.06. The molecule has 0 saturated carbocycles. The molecule has 0 saturated heterocycles. The molecule has 0 radical (unpaired) electrons. The second-order valence-corrected chi connectivity index (χ2v) is 5.76. The third-order valence-electron chi connectivity index (χ3n) is 3.95. The molecule has 1 heterocycles. The predicted molar refractivity (Wildman–Crippen MR) is 95.1 cm³/mol. The zero-order valence-corrected chi connectivity index (χ0v) is 14.1. The van der Waals surface area contributed by atoms with Gasteiger partial charge in [-0.1, -0.05) is 30.3 Å². The van der Waals surface area contributed by atoms with Crippen LogP contribution in [0.1, 0.15) is 16.1 Å². The van der Waals surface area contributed by atoms with E-state index in [0.29, 0.717) is 5.69 Å². The van der Waals surface area contributed by atoms with Crippen LogP contribution in [-0.4, -0.2) is 30.0 Å². The van der Waals surface area contributed by atoms with E-state index in [1.807, 2.05) is 30.3 Å². The molecule has 5 nitrogen and oxygen atoms in total. The summed E-state index contributed by atoms with van der Waals surface area (Å²) in [5.74, 6) is -1.67. The summed E-state index contributed by atoms with van der Waals surface area (Å²) in [6, 6.07) is 15.6. The fourth-order valence-electron chi connectivity index (χ4n) is 2.64. The van der Waals surface area contributed by atoms with Gasteiger partial charge in [0.1, 0.15) is 11.9 Å². The summed E-state index contributed by atoms with van der Waals surface area (Å²) in [7, 11) is 1.25. The number of nitrogens with one attached hydrogen (secondary N) is 1. The summed E-state index contributed by atoms with van der Waals surface area (Å²) in [5.41, 5.74) is 1.56. The van der Waals surface area contributed by atoms with E-state index in [1.165, 1.54) is 25.3 Å². The van der Waals surface area contributed by atoms with Crippen LogP contribution < -0.4 is 5.32 Å². The molecule has 1 amide bonds. The van der Waals surface area contributed by atoms with Gasteiger partial charge in [-0.3, -0.25) is 9.78 Å². The summed E-state index contributed by atoms with van der Waals surface area (Å²) in [6.45, 7) is 0. The summed E-state index contributed by atoms with van der Waals surface area (Å²) >= 11 is 0. The van der Waals surface area contributed by atoms with Crippen molar-refractivity contribution in [2.45, 2.75) is 12.5 Å². The first-order chi connectivity index (χ1) is 12.6. The van der Waals surface area contributed by atoms with Gasteiger partial charge < -0.3 is 10.1 Å². The number of hydrogen-bond donors (Lipinski definition) is 1. The molecule has 3 aromatic rings. The van der Waals surface area contributed by atoms with Gasteiger partial charge in [0.15, 0.2) is 0 Å². The number of hydrogen-bond acceptors (Lipinski definition) is 4. The molecule has 6 heteroatoms. The van der Waals surface area contributed by atoms with Crippen molar-refractivity contribution >= 4 is 22.8 Å². The molecular formula is C20H17FN2O3. The minimum atomic E-state index is -0.926. The molecule has 1 aromatic heterocycles. The van der Waals surface area contributed by atoms with Crippen molar-refractivity contribution in [2.24, 2.45) is 0 Å². The quantitative estimate of drug-likeness (QED) is 0.717. The maximum Gasteiger partial charge on any atom is 0.328 e. The number of pyridine rings is 1. The molecular weight excluding hydrogens is 335 g/mol. The average Bonchev–Trinajstić information content (AvgIpc) is 2.66. The molecule has 0 spiro atoms. The molecule has 0 aliphatic heterocycles. The van der Waals surface area contributed by atoms with Gasteiger partial charge in [-0.05, 0) is 30.3 Å². The summed E-state index contributed by atoms with van der Waals surface area (Å²) < 4.78 is 18.1. The number of rotatable bonds is 5. The van der Waals surface area contributed by atoms with Crippen LogP contribution >= 0.6 is 0 Å². The molecule has 3 rings (SSSR count). The molecule has 1 atom stereocenters. The lowest BCUT2D eigenvalue weighted by molar-refractivity contribution is -0.142. The lowest BCUT2D eigenvalue weighted by atomic mass is 10.1. The predicted octanol–water partition coefficient (Wildman–Crippen LogP) is 2.89. The van der Waals surface area contributed by atoms with E-state index in [1.54, 1.807) is 6.07 Å². The highest BCUT2D eigenvalue weighted by Gasteiger charge is 2.23. The Balaban J connectivity index is 1.81. The maximum absolute atomic E-state index is 13.3. The van der Waals surface area contributed by atoms with Crippen molar-refractivity contribution in [1.29, 1.82) is 0 Å². The van der Waals surface area contributed by atoms with Crippen LogP contribution in [0.4, 0.5) is 4.39 Å². The maximum atomic E-state index is 13.3. The van der Waals surface area contributed by atoms with E-state index in [0.717, 1.165) is 17.0 Å². The van der Waals surface area contributed by atoms with E-state index >= 15 is 0 Å². The third kappa shape index (κ3) is 4.03. The van der Waals surface area contributed by atoms with Crippen molar-refractivity contribution in [1.82, 2.24) is 10.3 Å². The number of ether oxygens (including phenoxy) is 1. The van der Waals surface area contributed by atoms with Gasteiger partial charge in [-0.2, -0.15) is 0 Å². The minimum absolute atomic E-state index is 0.130. The molecule has 0 aliphatic carbocycles. The van der Waals surface area contributed by atoms with Crippen LogP contribution in [0.2, 0.25) is 0 Å². The van der Waals surface area contributed by atoms with Gasteiger partial charge in [0.25, 0.3) is 5.91 Å². The summed E-state index contributed by atoms with van der Waals surface area (Å²) in [6.07, 6.45) is 0.165. The number of carbonyl (C=O) groups excluding carboxylic acids is 2. The summed E-state index contributed by atoms with van der Waals surface area (Å²) in [5, 5.41) is 3.57. The van der Waals surface area contributed by atoms with Gasteiger partial charge in [0, 0.05) is 23.1 Å². The fraction of sp³-hybridized carbons (Fsp3) is 0.150. The van der Waals surface area contributed by atoms with Crippen LogP contribution in [0.3, 0.4) is 0 Å². The molecule has 0 fully saturated rings. The standard InChI is InChI=1S/C20H17FN2O3/c1-26-20(25)18(23-19(24)14-6-4-7-15(21)11-14)12-16-10-9-13-5-2-3-8-17(13)22-16/h2-11,18H,12H2,1H3,(H,23,24)/t18-/m0/s1. The highest BCUT2D eigenvalue weighted by Crippen LogP contribution is 2.13. The Morgan fingerprint density at radius 2 is 1.92 bits per heavy atom. The SMILES string of the molecule is COC(=O)[C@H](Cc1ccc2ccccc2n1)NC(=O)c1cccc(F)c1. The number of amides is 1. The lowest BCUT2D eigenvalue weighted by Gasteiger charge is -2.16. The summed E-state index contributed by atoms with van der Waals surface area (Å²) in [4.78, 5) is 28.9. The second kappa shape index (κ2) is 7.74. The first-order valence-electron chi connectivity index (χ1n) is 8.06. The van der Waals surface area contributed by atoms with Crippen molar-refractivity contribution < 1.29 is 18.7 Å². The van der Waals surface area contributed by atoms with Gasteiger partial charge >= 0.3 is 5.97 Å². The Morgan fingerprint density at radius 1 is 1.12 bits per heavy atom. The number of fused-ring (bicyclic) bond motifs is 1. The molecule has 0 unspecified atom stereocenters. The third-order valence-corrected chi connectivity index (χ3v) is 3.95. The number of halogens is 1. The largest absolute Gasteiger partial charge is 0.467 e. The van der Waals surface area contributed by atoms with Crippen molar-refractivity contribution in [3.05, 3.63) is 77.7 Å². The van der Waals surface area contributed by atoms with Crippen molar-refractivity contribution in [2.75, 3.05) is 7.11 Å². The van der Waals surface area contributed by atoms with Crippen molar-refractivity contribution in [3.8, 4) is 0 Å². The van der Waals surface area contributed by atoms with E-state index < -0.39 is 23.7 Å². The Bertz CT molecular complexity index is 958. The Hall–Kier alpha value is -3.28. The number of nitrogens with zero attached hydrogens (tertiary/aromatic N) is 1.